The van der Waals surface area contributed by atoms with E-state index in [1.54, 1.807) is 6.07 Å². The lowest BCUT2D eigenvalue weighted by Gasteiger charge is -2.23. The van der Waals surface area contributed by atoms with E-state index in [1.807, 2.05) is 53.6 Å². The molecule has 0 aliphatic carbocycles. The number of rotatable bonds is 5. The summed E-state index contributed by atoms with van der Waals surface area (Å²) in [6, 6.07) is 18.2. The quantitative estimate of drug-likeness (QED) is 0.320. The van der Waals surface area contributed by atoms with E-state index in [2.05, 4.69) is 51.7 Å². The van der Waals surface area contributed by atoms with Gasteiger partial charge in [-0.25, -0.2) is 9.37 Å². The number of H-pyrrole nitrogens is 1. The molecule has 4 heterocycles. The van der Waals surface area contributed by atoms with Gasteiger partial charge in [0.2, 0.25) is 0 Å². The highest BCUT2D eigenvalue weighted by molar-refractivity contribution is 5.95. The highest BCUT2D eigenvalue weighted by Crippen LogP contribution is 2.34. The van der Waals surface area contributed by atoms with Crippen LogP contribution in [0.1, 0.15) is 42.9 Å². The van der Waals surface area contributed by atoms with Gasteiger partial charge in [-0.3, -0.25) is 4.68 Å². The van der Waals surface area contributed by atoms with Crippen LogP contribution < -0.4 is 5.32 Å². The number of halogens is 1. The van der Waals surface area contributed by atoms with Gasteiger partial charge in [-0.15, -0.1) is 0 Å². The molecule has 0 radical (unpaired) electrons. The van der Waals surface area contributed by atoms with Crippen molar-refractivity contribution < 1.29 is 4.39 Å². The number of fused-ring (bicyclic) bond motifs is 1. The third kappa shape index (κ3) is 4.15. The summed E-state index contributed by atoms with van der Waals surface area (Å²) in [6.45, 7) is 4.04. The molecule has 1 fully saturated rings. The molecule has 176 valence electrons. The van der Waals surface area contributed by atoms with Crippen LogP contribution in [0.3, 0.4) is 0 Å². The molecule has 35 heavy (non-hydrogen) atoms. The lowest BCUT2D eigenvalue weighted by molar-refractivity contribution is 0.445. The second-order valence-electron chi connectivity index (χ2n) is 9.38. The monoisotopic (exact) mass is 465 g/mol. The first-order valence-electron chi connectivity index (χ1n) is 12.2. The SMILES string of the molecule is CC(c1ccccc1)n1cc(-c2c[nH]c3ncc(-c4ccc(C5CCNCC5)c(F)c4)cc23)cn1. The van der Waals surface area contributed by atoms with Crippen molar-refractivity contribution in [2.45, 2.75) is 31.7 Å². The van der Waals surface area contributed by atoms with Crippen molar-refractivity contribution in [2.24, 2.45) is 0 Å². The average molecular weight is 466 g/mol. The van der Waals surface area contributed by atoms with E-state index < -0.39 is 0 Å². The van der Waals surface area contributed by atoms with Gasteiger partial charge in [0.15, 0.2) is 0 Å². The maximum atomic E-state index is 15.1. The van der Waals surface area contributed by atoms with E-state index in [1.165, 1.54) is 5.56 Å². The molecule has 1 atom stereocenters. The van der Waals surface area contributed by atoms with Gasteiger partial charge in [0.25, 0.3) is 0 Å². The zero-order valence-electron chi connectivity index (χ0n) is 19.7. The summed E-state index contributed by atoms with van der Waals surface area (Å²) in [4.78, 5) is 7.89. The molecule has 2 aromatic carbocycles. The van der Waals surface area contributed by atoms with Gasteiger partial charge >= 0.3 is 0 Å². The Hall–Kier alpha value is -3.77. The predicted molar refractivity (Wildman–Crippen MR) is 138 cm³/mol. The highest BCUT2D eigenvalue weighted by Gasteiger charge is 2.19. The van der Waals surface area contributed by atoms with Crippen molar-refractivity contribution in [1.82, 2.24) is 25.1 Å². The number of aromatic nitrogens is 4. The van der Waals surface area contributed by atoms with Crippen LogP contribution in [-0.2, 0) is 0 Å². The molecule has 3 aromatic heterocycles. The van der Waals surface area contributed by atoms with Crippen molar-refractivity contribution in [3.05, 3.63) is 96.3 Å². The van der Waals surface area contributed by atoms with Crippen LogP contribution in [0.5, 0.6) is 0 Å². The number of piperidine rings is 1. The van der Waals surface area contributed by atoms with Crippen molar-refractivity contribution in [3.8, 4) is 22.3 Å². The molecule has 5 nitrogen and oxygen atoms in total. The number of benzene rings is 2. The van der Waals surface area contributed by atoms with Crippen molar-refractivity contribution >= 4 is 11.0 Å². The lowest BCUT2D eigenvalue weighted by Crippen LogP contribution is -2.27. The van der Waals surface area contributed by atoms with Gasteiger partial charge in [-0.1, -0.05) is 42.5 Å². The minimum absolute atomic E-state index is 0.125. The molecule has 0 saturated carbocycles. The number of nitrogens with zero attached hydrogens (tertiary/aromatic N) is 3. The van der Waals surface area contributed by atoms with Crippen LogP contribution in [-0.4, -0.2) is 32.8 Å². The maximum Gasteiger partial charge on any atom is 0.137 e. The van der Waals surface area contributed by atoms with Crippen LogP contribution in [0.15, 0.2) is 79.4 Å². The number of aromatic amines is 1. The fourth-order valence-corrected chi connectivity index (χ4v) is 5.14. The first-order valence-corrected chi connectivity index (χ1v) is 12.2. The Kier molecular flexibility index (Phi) is 5.66. The topological polar surface area (TPSA) is 58.5 Å². The third-order valence-corrected chi connectivity index (χ3v) is 7.24. The second-order valence-corrected chi connectivity index (χ2v) is 9.38. The highest BCUT2D eigenvalue weighted by atomic mass is 19.1. The Balaban J connectivity index is 1.32. The molecule has 2 N–H and O–H groups in total. The molecule has 0 bridgehead atoms. The summed E-state index contributed by atoms with van der Waals surface area (Å²) >= 11 is 0. The standard InChI is InChI=1S/C29H28FN5/c1-19(20-5-3-2-4-6-20)35-18-24(16-34-35)27-17-33-29-26(27)13-23(15-32-29)22-7-8-25(28(30)14-22)21-9-11-31-12-10-21/h2-8,13-19,21,31H,9-12H2,1H3,(H,32,33). The summed E-state index contributed by atoms with van der Waals surface area (Å²) in [5.74, 6) is 0.164. The van der Waals surface area contributed by atoms with Crippen LogP contribution in [0.2, 0.25) is 0 Å². The summed E-state index contributed by atoms with van der Waals surface area (Å²) < 4.78 is 17.1. The van der Waals surface area contributed by atoms with E-state index in [0.717, 1.165) is 64.8 Å². The Bertz CT molecular complexity index is 1460. The summed E-state index contributed by atoms with van der Waals surface area (Å²) in [5.41, 5.74) is 6.64. The van der Waals surface area contributed by atoms with Crippen molar-refractivity contribution in [1.29, 1.82) is 0 Å². The molecule has 1 saturated heterocycles. The second kappa shape index (κ2) is 9.12. The third-order valence-electron chi connectivity index (χ3n) is 7.24. The van der Waals surface area contributed by atoms with Gasteiger partial charge in [0, 0.05) is 40.7 Å². The molecular formula is C29H28FN5. The van der Waals surface area contributed by atoms with Crippen LogP contribution >= 0.6 is 0 Å². The molecule has 0 spiro atoms. The summed E-state index contributed by atoms with van der Waals surface area (Å²) in [7, 11) is 0. The van der Waals surface area contributed by atoms with Crippen molar-refractivity contribution in [3.63, 3.8) is 0 Å². The Morgan fingerprint density at radius 3 is 2.60 bits per heavy atom. The van der Waals surface area contributed by atoms with E-state index in [4.69, 9.17) is 0 Å². The fraction of sp³-hybridized carbons (Fsp3) is 0.241. The summed E-state index contributed by atoms with van der Waals surface area (Å²) in [6.07, 6.45) is 9.70. The van der Waals surface area contributed by atoms with E-state index in [0.29, 0.717) is 0 Å². The number of pyridine rings is 1. The molecule has 1 aliphatic heterocycles. The zero-order chi connectivity index (χ0) is 23.8. The maximum absolute atomic E-state index is 15.1. The summed E-state index contributed by atoms with van der Waals surface area (Å²) in [5, 5.41) is 8.98. The predicted octanol–water partition coefficient (Wildman–Crippen LogP) is 6.31. The van der Waals surface area contributed by atoms with Crippen LogP contribution in [0, 0.1) is 5.82 Å². The first-order chi connectivity index (χ1) is 17.2. The molecule has 6 heteroatoms. The van der Waals surface area contributed by atoms with Gasteiger partial charge < -0.3 is 10.3 Å². The zero-order valence-corrected chi connectivity index (χ0v) is 19.7. The molecular weight excluding hydrogens is 437 g/mol. The molecule has 5 aromatic rings. The van der Waals surface area contributed by atoms with Crippen molar-refractivity contribution in [2.75, 3.05) is 13.1 Å². The number of hydrogen-bond acceptors (Lipinski definition) is 3. The van der Waals surface area contributed by atoms with Crippen LogP contribution in [0.4, 0.5) is 4.39 Å². The van der Waals surface area contributed by atoms with Gasteiger partial charge in [0.1, 0.15) is 11.5 Å². The Morgan fingerprint density at radius 2 is 1.80 bits per heavy atom. The van der Waals surface area contributed by atoms with E-state index >= 15 is 4.39 Å². The molecule has 1 unspecified atom stereocenters. The minimum Gasteiger partial charge on any atom is -0.346 e. The smallest absolute Gasteiger partial charge is 0.137 e. The van der Waals surface area contributed by atoms with Gasteiger partial charge in [-0.05, 0) is 67.6 Å². The lowest BCUT2D eigenvalue weighted by atomic mass is 9.89. The Labute approximate surface area is 204 Å². The fourth-order valence-electron chi connectivity index (χ4n) is 5.14. The number of nitrogens with one attached hydrogen (secondary N) is 2. The van der Waals surface area contributed by atoms with Crippen LogP contribution in [0.25, 0.3) is 33.3 Å². The van der Waals surface area contributed by atoms with Gasteiger partial charge in [-0.2, -0.15) is 5.10 Å². The molecule has 0 amide bonds. The Morgan fingerprint density at radius 1 is 0.971 bits per heavy atom. The van der Waals surface area contributed by atoms with E-state index in [9.17, 15) is 0 Å². The largest absolute Gasteiger partial charge is 0.346 e. The van der Waals surface area contributed by atoms with E-state index in [-0.39, 0.29) is 17.8 Å². The minimum atomic E-state index is -0.125. The first kappa shape index (κ1) is 21.7. The normalized spacial score (nSPS) is 15.5. The number of hydrogen-bond donors (Lipinski definition) is 2. The van der Waals surface area contributed by atoms with Gasteiger partial charge in [0.05, 0.1) is 12.2 Å². The molecule has 6 rings (SSSR count). The average Bonchev–Trinajstić information content (AvgIpc) is 3.56. The molecule has 1 aliphatic rings.